The summed E-state index contributed by atoms with van der Waals surface area (Å²) in [6.07, 6.45) is 0. The largest absolute Gasteiger partial charge is 0.462 e. The maximum Gasteiger partial charge on any atom is 0.352 e. The van der Waals surface area contributed by atoms with Crippen LogP contribution in [0.25, 0.3) is 0 Å². The molecule has 110 valence electrons. The first kappa shape index (κ1) is 14.8. The number of hydrazine groups is 1. The van der Waals surface area contributed by atoms with Gasteiger partial charge in [-0.15, -0.1) is 0 Å². The third-order valence-electron chi connectivity index (χ3n) is 2.43. The number of rotatable bonds is 5. The molecule has 0 bridgehead atoms. The Bertz CT molecular complexity index is 642. The SMILES string of the molecule is CCOC(=O)c1sc(N)nc1NNC(=O)c1ccccc1. The highest BCUT2D eigenvalue weighted by molar-refractivity contribution is 7.17. The van der Waals surface area contributed by atoms with Gasteiger partial charge in [-0.1, -0.05) is 29.5 Å². The van der Waals surface area contributed by atoms with E-state index in [1.807, 2.05) is 6.07 Å². The summed E-state index contributed by atoms with van der Waals surface area (Å²) in [6, 6.07) is 8.64. The Labute approximate surface area is 125 Å². The number of nitrogens with one attached hydrogen (secondary N) is 2. The van der Waals surface area contributed by atoms with Crippen molar-refractivity contribution in [3.05, 3.63) is 40.8 Å². The van der Waals surface area contributed by atoms with Crippen molar-refractivity contribution in [1.29, 1.82) is 0 Å². The molecule has 1 heterocycles. The van der Waals surface area contributed by atoms with Crippen LogP contribution in [0.3, 0.4) is 0 Å². The van der Waals surface area contributed by atoms with Gasteiger partial charge in [0.1, 0.15) is 0 Å². The number of nitrogen functional groups attached to an aromatic ring is 1. The predicted octanol–water partition coefficient (Wildman–Crippen LogP) is 1.66. The van der Waals surface area contributed by atoms with Gasteiger partial charge in [0.15, 0.2) is 15.8 Å². The Kier molecular flexibility index (Phi) is 4.72. The zero-order valence-corrected chi connectivity index (χ0v) is 12.1. The maximum absolute atomic E-state index is 11.9. The molecule has 2 aromatic rings. The van der Waals surface area contributed by atoms with Crippen molar-refractivity contribution in [3.8, 4) is 0 Å². The summed E-state index contributed by atoms with van der Waals surface area (Å²) in [5.41, 5.74) is 11.1. The van der Waals surface area contributed by atoms with E-state index in [4.69, 9.17) is 10.5 Å². The van der Waals surface area contributed by atoms with Crippen LogP contribution in [0.1, 0.15) is 27.0 Å². The number of hydrogen-bond acceptors (Lipinski definition) is 7. The molecule has 21 heavy (non-hydrogen) atoms. The molecule has 0 aliphatic heterocycles. The molecule has 0 atom stereocenters. The second-order valence-corrected chi connectivity index (χ2v) is 4.93. The minimum atomic E-state index is -0.539. The summed E-state index contributed by atoms with van der Waals surface area (Å²) in [4.78, 5) is 27.8. The number of amides is 1. The number of aromatic nitrogens is 1. The van der Waals surface area contributed by atoms with Crippen molar-refractivity contribution >= 4 is 34.2 Å². The van der Waals surface area contributed by atoms with E-state index >= 15 is 0 Å². The highest BCUT2D eigenvalue weighted by atomic mass is 32.1. The number of nitrogens with two attached hydrogens (primary N) is 1. The number of hydrogen-bond donors (Lipinski definition) is 3. The van der Waals surface area contributed by atoms with Crippen molar-refractivity contribution in [3.63, 3.8) is 0 Å². The standard InChI is InChI=1S/C13H14N4O3S/c1-2-20-12(19)9-10(15-13(14)21-9)16-17-11(18)8-6-4-3-5-7-8/h3-7,16H,2H2,1H3,(H2,14,15)(H,17,18). The lowest BCUT2D eigenvalue weighted by Gasteiger charge is -2.07. The van der Waals surface area contributed by atoms with Crippen LogP contribution in [0, 0.1) is 0 Å². The zero-order valence-electron chi connectivity index (χ0n) is 11.3. The zero-order chi connectivity index (χ0) is 15.2. The summed E-state index contributed by atoms with van der Waals surface area (Å²) < 4.78 is 4.90. The molecule has 1 aromatic carbocycles. The van der Waals surface area contributed by atoms with Crippen molar-refractivity contribution in [2.24, 2.45) is 0 Å². The highest BCUT2D eigenvalue weighted by Crippen LogP contribution is 2.25. The molecule has 2 rings (SSSR count). The molecule has 4 N–H and O–H groups in total. The minimum Gasteiger partial charge on any atom is -0.462 e. The quantitative estimate of drug-likeness (QED) is 0.573. The van der Waals surface area contributed by atoms with Crippen molar-refractivity contribution in [1.82, 2.24) is 10.4 Å². The van der Waals surface area contributed by atoms with Crippen LogP contribution in [0.2, 0.25) is 0 Å². The number of carbonyl (C=O) groups excluding carboxylic acids is 2. The molecule has 1 amide bonds. The summed E-state index contributed by atoms with van der Waals surface area (Å²) in [5.74, 6) is -0.722. The molecule has 0 aliphatic rings. The third kappa shape index (κ3) is 3.69. The van der Waals surface area contributed by atoms with Gasteiger partial charge in [0.25, 0.3) is 5.91 Å². The summed E-state index contributed by atoms with van der Waals surface area (Å²) in [5, 5.41) is 0.203. The van der Waals surface area contributed by atoms with E-state index in [0.717, 1.165) is 11.3 Å². The summed E-state index contributed by atoms with van der Waals surface area (Å²) in [7, 11) is 0. The number of anilines is 2. The lowest BCUT2D eigenvalue weighted by Crippen LogP contribution is -2.30. The van der Waals surface area contributed by atoms with Gasteiger partial charge in [-0.2, -0.15) is 0 Å². The van der Waals surface area contributed by atoms with Gasteiger partial charge in [-0.05, 0) is 19.1 Å². The Morgan fingerprint density at radius 1 is 1.33 bits per heavy atom. The highest BCUT2D eigenvalue weighted by Gasteiger charge is 2.19. The van der Waals surface area contributed by atoms with Crippen molar-refractivity contribution in [2.75, 3.05) is 17.8 Å². The predicted molar refractivity (Wildman–Crippen MR) is 80.0 cm³/mol. The molecule has 7 nitrogen and oxygen atoms in total. The lowest BCUT2D eigenvalue weighted by atomic mass is 10.2. The molecule has 0 aliphatic carbocycles. The number of ether oxygens (including phenoxy) is 1. The van der Waals surface area contributed by atoms with Crippen LogP contribution in [0.15, 0.2) is 30.3 Å². The van der Waals surface area contributed by atoms with Gasteiger partial charge in [-0.3, -0.25) is 15.6 Å². The number of benzene rings is 1. The van der Waals surface area contributed by atoms with Gasteiger partial charge in [0, 0.05) is 5.56 Å². The molecule has 0 unspecified atom stereocenters. The van der Waals surface area contributed by atoms with Crippen LogP contribution >= 0.6 is 11.3 Å². The van der Waals surface area contributed by atoms with E-state index in [2.05, 4.69) is 15.8 Å². The summed E-state index contributed by atoms with van der Waals surface area (Å²) >= 11 is 0.988. The van der Waals surface area contributed by atoms with E-state index in [0.29, 0.717) is 5.56 Å². The van der Waals surface area contributed by atoms with Gasteiger partial charge in [0.2, 0.25) is 0 Å². The van der Waals surface area contributed by atoms with Gasteiger partial charge >= 0.3 is 5.97 Å². The average Bonchev–Trinajstić information content (AvgIpc) is 2.87. The molecule has 0 fully saturated rings. The molecule has 0 radical (unpaired) electrons. The van der Waals surface area contributed by atoms with Crippen LogP contribution < -0.4 is 16.6 Å². The normalized spacial score (nSPS) is 9.95. The minimum absolute atomic E-state index is 0.167. The van der Waals surface area contributed by atoms with E-state index < -0.39 is 5.97 Å². The van der Waals surface area contributed by atoms with Gasteiger partial charge < -0.3 is 10.5 Å². The van der Waals surface area contributed by atoms with Gasteiger partial charge in [-0.25, -0.2) is 9.78 Å². The fourth-order valence-electron chi connectivity index (χ4n) is 1.53. The third-order valence-corrected chi connectivity index (χ3v) is 3.30. The van der Waals surface area contributed by atoms with E-state index in [1.54, 1.807) is 31.2 Å². The first-order valence-corrected chi connectivity index (χ1v) is 6.98. The monoisotopic (exact) mass is 306 g/mol. The smallest absolute Gasteiger partial charge is 0.352 e. The van der Waals surface area contributed by atoms with Crippen LogP contribution in [0.5, 0.6) is 0 Å². The van der Waals surface area contributed by atoms with E-state index in [-0.39, 0.29) is 28.3 Å². The van der Waals surface area contributed by atoms with Crippen LogP contribution in [0.4, 0.5) is 10.9 Å². The Morgan fingerprint density at radius 2 is 2.05 bits per heavy atom. The molecular weight excluding hydrogens is 292 g/mol. The van der Waals surface area contributed by atoms with Crippen molar-refractivity contribution in [2.45, 2.75) is 6.92 Å². The Morgan fingerprint density at radius 3 is 2.71 bits per heavy atom. The second kappa shape index (κ2) is 6.71. The first-order valence-electron chi connectivity index (χ1n) is 6.16. The van der Waals surface area contributed by atoms with Crippen molar-refractivity contribution < 1.29 is 14.3 Å². The average molecular weight is 306 g/mol. The second-order valence-electron chi connectivity index (χ2n) is 3.90. The number of nitrogens with zero attached hydrogens (tertiary/aromatic N) is 1. The Balaban J connectivity index is 2.06. The number of carbonyl (C=O) groups is 2. The molecule has 8 heteroatoms. The van der Waals surface area contributed by atoms with E-state index in [9.17, 15) is 9.59 Å². The molecular formula is C13H14N4O3S. The van der Waals surface area contributed by atoms with Crippen LogP contribution in [-0.2, 0) is 4.74 Å². The molecule has 1 aromatic heterocycles. The Hall–Kier alpha value is -2.61. The maximum atomic E-state index is 11.9. The number of thiazole rings is 1. The van der Waals surface area contributed by atoms with Gasteiger partial charge in [0.05, 0.1) is 6.61 Å². The topological polar surface area (TPSA) is 106 Å². The molecule has 0 saturated heterocycles. The van der Waals surface area contributed by atoms with Crippen LogP contribution in [-0.4, -0.2) is 23.5 Å². The lowest BCUT2D eigenvalue weighted by molar-refractivity contribution is 0.0532. The van der Waals surface area contributed by atoms with E-state index in [1.165, 1.54) is 0 Å². The fraction of sp³-hybridized carbons (Fsp3) is 0.154. The summed E-state index contributed by atoms with van der Waals surface area (Å²) in [6.45, 7) is 1.94. The number of esters is 1. The fourth-order valence-corrected chi connectivity index (χ4v) is 2.22. The molecule has 0 spiro atoms. The first-order chi connectivity index (χ1) is 10.1. The molecule has 0 saturated carbocycles.